The fourth-order valence-corrected chi connectivity index (χ4v) is 5.62. The fourth-order valence-electron chi connectivity index (χ4n) is 4.04. The summed E-state index contributed by atoms with van der Waals surface area (Å²) in [4.78, 5) is 26.5. The molecule has 140 valence electrons. The molecule has 1 N–H and O–H groups in total. The maximum atomic E-state index is 13.1. The lowest BCUT2D eigenvalue weighted by Crippen LogP contribution is -2.43. The van der Waals surface area contributed by atoms with Gasteiger partial charge in [0.05, 0.1) is 10.8 Å². The molecule has 0 saturated carbocycles. The average Bonchev–Trinajstić information content (AvgIpc) is 3.02. The van der Waals surface area contributed by atoms with Crippen LogP contribution in [-0.4, -0.2) is 61.7 Å². The monoisotopic (exact) mass is 377 g/mol. The number of sulfonamides is 1. The predicted octanol–water partition coefficient (Wildman–Crippen LogP) is 0.822. The zero-order valence-electron chi connectivity index (χ0n) is 14.6. The second-order valence-corrected chi connectivity index (χ2v) is 9.27. The van der Waals surface area contributed by atoms with Gasteiger partial charge in [-0.3, -0.25) is 9.59 Å². The Bertz CT molecular complexity index is 833. The molecule has 4 aliphatic heterocycles. The van der Waals surface area contributed by atoms with Gasteiger partial charge in [0, 0.05) is 37.8 Å². The Morgan fingerprint density at radius 1 is 1.12 bits per heavy atom. The summed E-state index contributed by atoms with van der Waals surface area (Å²) in [5.74, 6) is -0.470. The van der Waals surface area contributed by atoms with Gasteiger partial charge in [-0.25, -0.2) is 8.42 Å². The Labute approximate surface area is 153 Å². The summed E-state index contributed by atoms with van der Waals surface area (Å²) in [6.07, 6.45) is 3.49. The van der Waals surface area contributed by atoms with Crippen molar-refractivity contribution in [1.82, 2.24) is 14.5 Å². The number of fused-ring (bicyclic) bond motifs is 4. The van der Waals surface area contributed by atoms with E-state index >= 15 is 0 Å². The third kappa shape index (κ3) is 3.12. The highest BCUT2D eigenvalue weighted by atomic mass is 32.2. The number of likely N-dealkylation sites (tertiary alicyclic amines) is 1. The minimum absolute atomic E-state index is 0.0584. The molecule has 2 amide bonds. The van der Waals surface area contributed by atoms with Crippen LogP contribution in [0.3, 0.4) is 0 Å². The van der Waals surface area contributed by atoms with Crippen LogP contribution < -0.4 is 5.32 Å². The van der Waals surface area contributed by atoms with Crippen LogP contribution >= 0.6 is 0 Å². The number of nitrogens with zero attached hydrogens (tertiary/aromatic N) is 2. The molecular weight excluding hydrogens is 354 g/mol. The summed E-state index contributed by atoms with van der Waals surface area (Å²) >= 11 is 0. The van der Waals surface area contributed by atoms with Gasteiger partial charge < -0.3 is 10.2 Å². The number of amides is 2. The molecule has 4 fully saturated rings. The molecule has 4 aliphatic rings. The number of benzene rings is 1. The largest absolute Gasteiger partial charge is 0.352 e. The molecule has 4 saturated heterocycles. The summed E-state index contributed by atoms with van der Waals surface area (Å²) in [6.45, 7) is 1.93. The SMILES string of the molecule is O=C1N[C@H]2CC[C@@H]1CN(S(=O)(=O)c1cccc(C(=O)N3CCCC3)c1)C2. The van der Waals surface area contributed by atoms with Gasteiger partial charge in [-0.15, -0.1) is 0 Å². The van der Waals surface area contributed by atoms with E-state index in [1.165, 1.54) is 16.4 Å². The second-order valence-electron chi connectivity index (χ2n) is 7.33. The molecule has 5 rings (SSSR count). The molecule has 0 spiro atoms. The molecule has 2 bridgehead atoms. The Morgan fingerprint density at radius 2 is 1.88 bits per heavy atom. The first-order valence-corrected chi connectivity index (χ1v) is 10.6. The minimum atomic E-state index is -3.74. The lowest BCUT2D eigenvalue weighted by molar-refractivity contribution is -0.126. The van der Waals surface area contributed by atoms with Gasteiger partial charge in [-0.05, 0) is 43.9 Å². The van der Waals surface area contributed by atoms with E-state index in [9.17, 15) is 18.0 Å². The van der Waals surface area contributed by atoms with Crippen molar-refractivity contribution in [3.05, 3.63) is 29.8 Å². The van der Waals surface area contributed by atoms with Gasteiger partial charge in [0.1, 0.15) is 0 Å². The second kappa shape index (κ2) is 6.66. The molecule has 1 aromatic rings. The maximum Gasteiger partial charge on any atom is 0.253 e. The third-order valence-corrected chi connectivity index (χ3v) is 7.37. The van der Waals surface area contributed by atoms with E-state index < -0.39 is 10.0 Å². The summed E-state index contributed by atoms with van der Waals surface area (Å²) in [6, 6.07) is 6.14. The zero-order valence-corrected chi connectivity index (χ0v) is 15.4. The highest BCUT2D eigenvalue weighted by Gasteiger charge is 2.39. The van der Waals surface area contributed by atoms with Crippen LogP contribution in [0.2, 0.25) is 0 Å². The van der Waals surface area contributed by atoms with Gasteiger partial charge in [-0.1, -0.05) is 6.07 Å². The van der Waals surface area contributed by atoms with Crippen molar-refractivity contribution in [2.24, 2.45) is 5.92 Å². The molecule has 1 aromatic carbocycles. The van der Waals surface area contributed by atoms with Crippen LogP contribution in [0.1, 0.15) is 36.0 Å². The van der Waals surface area contributed by atoms with E-state index in [1.54, 1.807) is 17.0 Å². The molecular formula is C18H23N3O4S. The van der Waals surface area contributed by atoms with Gasteiger partial charge in [0.25, 0.3) is 5.91 Å². The third-order valence-electron chi connectivity index (χ3n) is 5.54. The molecule has 0 unspecified atom stereocenters. The Morgan fingerprint density at radius 3 is 2.62 bits per heavy atom. The van der Waals surface area contributed by atoms with E-state index in [4.69, 9.17) is 0 Å². The van der Waals surface area contributed by atoms with Crippen molar-refractivity contribution in [2.45, 2.75) is 36.6 Å². The lowest BCUT2D eigenvalue weighted by Gasteiger charge is -2.23. The summed E-state index contributed by atoms with van der Waals surface area (Å²) in [5, 5.41) is 2.89. The van der Waals surface area contributed by atoms with Crippen LogP contribution in [0.15, 0.2) is 29.2 Å². The molecule has 0 aromatic heterocycles. The first kappa shape index (κ1) is 17.5. The van der Waals surface area contributed by atoms with E-state index in [2.05, 4.69) is 5.32 Å². The van der Waals surface area contributed by atoms with Crippen LogP contribution in [0.25, 0.3) is 0 Å². The number of carbonyl (C=O) groups is 2. The highest BCUT2D eigenvalue weighted by Crippen LogP contribution is 2.27. The molecule has 26 heavy (non-hydrogen) atoms. The number of hydrogen-bond donors (Lipinski definition) is 1. The molecule has 8 heteroatoms. The average molecular weight is 377 g/mol. The number of nitrogens with one attached hydrogen (secondary N) is 1. The number of carbonyl (C=O) groups excluding carboxylic acids is 2. The van der Waals surface area contributed by atoms with Crippen molar-refractivity contribution in [2.75, 3.05) is 26.2 Å². The van der Waals surface area contributed by atoms with Gasteiger partial charge in [0.2, 0.25) is 15.9 Å². The van der Waals surface area contributed by atoms with Gasteiger partial charge in [0.15, 0.2) is 0 Å². The lowest BCUT2D eigenvalue weighted by atomic mass is 9.96. The molecule has 7 nitrogen and oxygen atoms in total. The molecule has 2 atom stereocenters. The van der Waals surface area contributed by atoms with Crippen molar-refractivity contribution in [3.8, 4) is 0 Å². The molecule has 4 heterocycles. The summed E-state index contributed by atoms with van der Waals surface area (Å²) < 4.78 is 27.6. The quantitative estimate of drug-likeness (QED) is 0.845. The van der Waals surface area contributed by atoms with Crippen molar-refractivity contribution >= 4 is 21.8 Å². The normalized spacial score (nSPS) is 26.6. The van der Waals surface area contributed by atoms with E-state index in [0.29, 0.717) is 5.56 Å². The predicted molar refractivity (Wildman–Crippen MR) is 95.0 cm³/mol. The molecule has 0 radical (unpaired) electrons. The zero-order chi connectivity index (χ0) is 18.3. The van der Waals surface area contributed by atoms with Crippen LogP contribution in [-0.2, 0) is 14.8 Å². The smallest absolute Gasteiger partial charge is 0.253 e. The van der Waals surface area contributed by atoms with Crippen molar-refractivity contribution < 1.29 is 18.0 Å². The number of rotatable bonds is 3. The van der Waals surface area contributed by atoms with E-state index in [-0.39, 0.29) is 41.8 Å². The van der Waals surface area contributed by atoms with Crippen LogP contribution in [0, 0.1) is 5.92 Å². The topological polar surface area (TPSA) is 86.8 Å². The standard InChI is InChI=1S/C18H23N3O4S/c22-17-14-6-7-15(19-17)12-21(11-14)26(24,25)16-5-3-4-13(10-16)18(23)20-8-1-2-9-20/h3-5,10,14-15H,1-2,6-9,11-12H2,(H,19,22)/t14-,15+/m1/s1. The van der Waals surface area contributed by atoms with E-state index in [0.717, 1.165) is 38.8 Å². The first-order chi connectivity index (χ1) is 12.4. The van der Waals surface area contributed by atoms with Gasteiger partial charge in [-0.2, -0.15) is 4.31 Å². The Hall–Kier alpha value is -1.93. The number of piperidine rings is 1. The minimum Gasteiger partial charge on any atom is -0.352 e. The van der Waals surface area contributed by atoms with E-state index in [1.807, 2.05) is 0 Å². The fraction of sp³-hybridized carbons (Fsp3) is 0.556. The maximum absolute atomic E-state index is 13.1. The van der Waals surface area contributed by atoms with Crippen molar-refractivity contribution in [1.29, 1.82) is 0 Å². The van der Waals surface area contributed by atoms with Gasteiger partial charge >= 0.3 is 0 Å². The van der Waals surface area contributed by atoms with Crippen LogP contribution in [0.4, 0.5) is 0 Å². The Balaban J connectivity index is 1.61. The highest BCUT2D eigenvalue weighted by molar-refractivity contribution is 7.89. The first-order valence-electron chi connectivity index (χ1n) is 9.15. The molecule has 0 aliphatic carbocycles. The number of hydrogen-bond acceptors (Lipinski definition) is 4. The van der Waals surface area contributed by atoms with Crippen LogP contribution in [0.5, 0.6) is 0 Å². The summed E-state index contributed by atoms with van der Waals surface area (Å²) in [7, 11) is -3.74. The van der Waals surface area contributed by atoms with Crippen molar-refractivity contribution in [3.63, 3.8) is 0 Å². The summed E-state index contributed by atoms with van der Waals surface area (Å²) in [5.41, 5.74) is 0.403. The Kier molecular flexibility index (Phi) is 4.48.